The van der Waals surface area contributed by atoms with Crippen LogP contribution >= 0.6 is 23.5 Å². The Hall–Kier alpha value is -1.98. The van der Waals surface area contributed by atoms with Crippen LogP contribution in [-0.4, -0.2) is 204 Å². The Labute approximate surface area is 316 Å². The van der Waals surface area contributed by atoms with Crippen LogP contribution < -0.4 is 43.6 Å². The molecule has 0 rings (SSSR count). The van der Waals surface area contributed by atoms with Crippen LogP contribution in [0.5, 0.6) is 0 Å². The zero-order valence-corrected chi connectivity index (χ0v) is 34.8. The van der Waals surface area contributed by atoms with E-state index in [2.05, 4.69) is 68.7 Å². The van der Waals surface area contributed by atoms with Crippen molar-refractivity contribution in [1.29, 1.82) is 5.41 Å². The molecule has 51 heavy (non-hydrogen) atoms. The number of aliphatic hydroxyl groups is 3. The van der Waals surface area contributed by atoms with E-state index < -0.39 is 36.0 Å². The molecule has 0 saturated carbocycles. The van der Waals surface area contributed by atoms with Crippen molar-refractivity contribution in [3.05, 3.63) is 0 Å². The molecule has 0 amide bonds. The van der Waals surface area contributed by atoms with Crippen LogP contribution in [-0.2, 0) is 14.4 Å². The predicted molar refractivity (Wildman–Crippen MR) is 204 cm³/mol. The molecule has 18 nitrogen and oxygen atoms in total. The first-order valence-electron chi connectivity index (χ1n) is 16.3. The van der Waals surface area contributed by atoms with E-state index in [0.717, 1.165) is 44.6 Å². The maximum Gasteiger partial charge on any atom is 0.185 e. The molecule has 0 bridgehead atoms. The summed E-state index contributed by atoms with van der Waals surface area (Å²) >= 11 is 3.15. The highest BCUT2D eigenvalue weighted by molar-refractivity contribution is 7.98. The third-order valence-corrected chi connectivity index (χ3v) is 6.78. The highest BCUT2D eigenvalue weighted by Gasteiger charge is 2.04. The monoisotopic (exact) mass is 782 g/mol. The topological polar surface area (TPSA) is 321 Å². The minimum absolute atomic E-state index is 0.128. The van der Waals surface area contributed by atoms with E-state index in [1.165, 1.54) is 0 Å². The first kappa shape index (κ1) is 61.1. The zero-order chi connectivity index (χ0) is 41.9. The first-order chi connectivity index (χ1) is 23.1. The molecule has 0 aliphatic rings. The van der Waals surface area contributed by atoms with Crippen LogP contribution in [0.4, 0.5) is 0 Å². The third-order valence-electron chi connectivity index (χ3n) is 5.49. The van der Waals surface area contributed by atoms with Gasteiger partial charge in [-0.3, -0.25) is 5.41 Å². The van der Waals surface area contributed by atoms with E-state index in [1.54, 1.807) is 23.5 Å². The minimum Gasteiger partial charge on any atom is -0.548 e. The summed E-state index contributed by atoms with van der Waals surface area (Å²) < 4.78 is 2.53. The Morgan fingerprint density at radius 2 is 0.882 bits per heavy atom. The van der Waals surface area contributed by atoms with Crippen molar-refractivity contribution in [1.82, 2.24) is 5.32 Å². The van der Waals surface area contributed by atoms with Crippen LogP contribution in [0, 0.1) is 5.41 Å². The largest absolute Gasteiger partial charge is 0.548 e. The van der Waals surface area contributed by atoms with E-state index in [0.29, 0.717) is 32.2 Å². The highest BCUT2D eigenvalue weighted by atomic mass is 32.2. The fourth-order valence-electron chi connectivity index (χ4n) is 2.29. The molecule has 0 aliphatic carbocycles. The van der Waals surface area contributed by atoms with Gasteiger partial charge in [-0.15, -0.1) is 0 Å². The number of nitrogens with one attached hydrogen (secondary N) is 2. The number of carboxylic acid groups (broad SMARTS) is 3. The maximum atomic E-state index is 10.1. The van der Waals surface area contributed by atoms with Gasteiger partial charge in [0, 0.05) is 24.7 Å². The summed E-state index contributed by atoms with van der Waals surface area (Å²) in [5, 5.41) is 64.5. The Morgan fingerprint density at radius 1 is 0.627 bits per heavy atom. The number of thioether (sulfide) groups is 2. The van der Waals surface area contributed by atoms with E-state index in [1.807, 2.05) is 12.5 Å². The number of carbonyl (C=O) groups excluding carboxylic acids is 3. The molecule has 310 valence electrons. The van der Waals surface area contributed by atoms with Crippen LogP contribution in [0.3, 0.4) is 0 Å². The number of hydrogen-bond acceptors (Lipinski definition) is 15. The number of aliphatic carboxylic acids is 3. The summed E-state index contributed by atoms with van der Waals surface area (Å²) in [5.74, 6) is -2.16. The Morgan fingerprint density at radius 3 is 1.04 bits per heavy atom. The lowest BCUT2D eigenvalue weighted by atomic mass is 10.2. The van der Waals surface area contributed by atoms with Crippen molar-refractivity contribution in [3.63, 3.8) is 0 Å². The van der Waals surface area contributed by atoms with E-state index in [9.17, 15) is 29.7 Å². The Bertz CT molecular complexity index is 783. The Kier molecular flexibility index (Phi) is 45.2. The molecule has 3 atom stereocenters. The number of aliphatic hydroxyl groups excluding tert-OH is 3. The number of nitrogens with zero attached hydrogens (tertiary/aromatic N) is 3. The molecule has 0 heterocycles. The van der Waals surface area contributed by atoms with Crippen LogP contribution in [0.1, 0.15) is 25.7 Å². The second-order valence-electron chi connectivity index (χ2n) is 14.0. The third kappa shape index (κ3) is 74.2. The number of likely N-dealkylation sites (N-methyl/N-ethyl adjacent to an activating group) is 3. The second kappa shape index (κ2) is 37.8. The minimum atomic E-state index is -1.25. The lowest BCUT2D eigenvalue weighted by molar-refractivity contribution is -0.870. The fourth-order valence-corrected chi connectivity index (χ4v) is 3.27. The molecule has 0 saturated heterocycles. The maximum absolute atomic E-state index is 10.1. The van der Waals surface area contributed by atoms with Gasteiger partial charge in [-0.2, -0.15) is 23.5 Å². The first-order valence-corrected chi connectivity index (χ1v) is 19.1. The van der Waals surface area contributed by atoms with Gasteiger partial charge in [0.15, 0.2) is 5.96 Å². The molecular weight excluding hydrogens is 707 g/mol. The average Bonchev–Trinajstić information content (AvgIpc) is 2.96. The molecular formula is C31H75N9O9S2. The molecule has 0 spiro atoms. The summed E-state index contributed by atoms with van der Waals surface area (Å²) in [4.78, 5) is 30.0. The SMILES string of the molecule is CSCC[C@H](N)C(=O)[O-].CSCC[C@H](N)C(=O)[O-].C[N+](C)(C)CCO.C[N+](C)(C)CCO.C[N+](C)(C)CCO.N=C(N)NCCC[C@H](N)C(=O)[O-]. The highest BCUT2D eigenvalue weighted by Crippen LogP contribution is 1.98. The van der Waals surface area contributed by atoms with E-state index in [4.69, 9.17) is 43.7 Å². The van der Waals surface area contributed by atoms with Crippen molar-refractivity contribution >= 4 is 47.4 Å². The standard InChI is InChI=1S/C6H14N4O2.2C5H11NO2S.3C5H14NO/c7-4(5(11)12)2-1-3-10-6(8)9;2*1-9-3-2-4(6)5(7)8;3*1-6(2,3)4-5-7/h4H,1-3,7H2,(H,11,12)(H4,8,9,10);2*4H,2-3,6H2,1H3,(H,7,8);3*7H,4-5H2,1-3H3/q;;;3*+1/p-3/t3*4-;;;/m000.../s1. The van der Waals surface area contributed by atoms with Gasteiger partial charge in [-0.05, 0) is 49.7 Å². The normalized spacial score (nSPS) is 12.4. The quantitative estimate of drug-likeness (QED) is 0.0255. The predicted octanol–water partition coefficient (Wildman–Crippen LogP) is -5.99. The molecule has 0 aromatic carbocycles. The summed E-state index contributed by atoms with van der Waals surface area (Å²) in [6.45, 7) is 3.80. The molecule has 0 fully saturated rings. The number of hydrogen-bond donors (Lipinski definition) is 9. The van der Waals surface area contributed by atoms with Crippen LogP contribution in [0.2, 0.25) is 0 Å². The van der Waals surface area contributed by atoms with Gasteiger partial charge >= 0.3 is 0 Å². The van der Waals surface area contributed by atoms with Gasteiger partial charge in [0.25, 0.3) is 0 Å². The van der Waals surface area contributed by atoms with Crippen LogP contribution in [0.25, 0.3) is 0 Å². The number of quaternary nitrogens is 3. The van der Waals surface area contributed by atoms with Gasteiger partial charge in [-0.25, -0.2) is 0 Å². The lowest BCUT2D eigenvalue weighted by Crippen LogP contribution is -2.42. The van der Waals surface area contributed by atoms with Crippen molar-refractivity contribution < 1.29 is 58.5 Å². The molecule has 0 radical (unpaired) electrons. The van der Waals surface area contributed by atoms with Gasteiger partial charge in [-0.1, -0.05) is 0 Å². The van der Waals surface area contributed by atoms with Crippen molar-refractivity contribution in [2.75, 3.05) is 133 Å². The second-order valence-corrected chi connectivity index (χ2v) is 16.0. The molecule has 0 unspecified atom stereocenters. The van der Waals surface area contributed by atoms with Gasteiger partial charge in [0.1, 0.15) is 19.6 Å². The summed E-state index contributed by atoms with van der Waals surface area (Å²) in [7, 11) is 18.5. The molecule has 0 aromatic heterocycles. The van der Waals surface area contributed by atoms with E-state index in [-0.39, 0.29) is 25.8 Å². The smallest absolute Gasteiger partial charge is 0.185 e. The number of carboxylic acids is 3. The lowest BCUT2D eigenvalue weighted by Gasteiger charge is -2.21. The molecule has 20 heteroatoms. The Balaban J connectivity index is -0.000000121. The zero-order valence-electron chi connectivity index (χ0n) is 33.2. The number of guanidine groups is 1. The van der Waals surface area contributed by atoms with Gasteiger partial charge in [0.05, 0.1) is 101 Å². The van der Waals surface area contributed by atoms with Crippen LogP contribution in [0.15, 0.2) is 0 Å². The molecule has 0 aliphatic heterocycles. The number of nitrogens with two attached hydrogens (primary N) is 4. The summed E-state index contributed by atoms with van der Waals surface area (Å²) in [6.07, 6.45) is 5.66. The van der Waals surface area contributed by atoms with E-state index >= 15 is 0 Å². The number of rotatable bonds is 19. The van der Waals surface area contributed by atoms with Gasteiger partial charge < -0.3 is 86.7 Å². The molecule has 13 N–H and O–H groups in total. The van der Waals surface area contributed by atoms with Crippen molar-refractivity contribution in [3.8, 4) is 0 Å². The van der Waals surface area contributed by atoms with Crippen molar-refractivity contribution in [2.45, 2.75) is 43.8 Å². The summed E-state index contributed by atoms with van der Waals surface area (Å²) in [5.41, 5.74) is 20.4. The number of carbonyl (C=O) groups is 3. The van der Waals surface area contributed by atoms with Crippen molar-refractivity contribution in [2.24, 2.45) is 22.9 Å². The summed E-state index contributed by atoms with van der Waals surface area (Å²) in [6, 6.07) is -2.52. The fraction of sp³-hybridized carbons (Fsp3) is 0.871. The molecule has 0 aromatic rings. The van der Waals surface area contributed by atoms with Gasteiger partial charge in [0.2, 0.25) is 0 Å². The average molecular weight is 782 g/mol.